The molecule has 0 aliphatic heterocycles. The van der Waals surface area contributed by atoms with Crippen LogP contribution in [0.15, 0.2) is 12.2 Å². The predicted octanol–water partition coefficient (Wildman–Crippen LogP) is 1.10. The van der Waals surface area contributed by atoms with Crippen molar-refractivity contribution in [3.63, 3.8) is 0 Å². The number of nitrogen functional groups attached to an aromatic ring is 1. The summed E-state index contributed by atoms with van der Waals surface area (Å²) in [4.78, 5) is 11.3. The van der Waals surface area contributed by atoms with Crippen molar-refractivity contribution in [2.75, 3.05) is 17.6 Å². The number of anilines is 2. The molecule has 1 rings (SSSR count). The zero-order valence-electron chi connectivity index (χ0n) is 7.21. The highest BCUT2D eigenvalue weighted by atomic mass is 35.5. The molecule has 1 aromatic rings. The van der Waals surface area contributed by atoms with Crippen LogP contribution >= 0.6 is 11.6 Å². The molecule has 13 heavy (non-hydrogen) atoms. The fourth-order valence-corrected chi connectivity index (χ4v) is 0.841. The van der Waals surface area contributed by atoms with Gasteiger partial charge in [0.2, 0.25) is 17.2 Å². The lowest BCUT2D eigenvalue weighted by Crippen LogP contribution is -2.08. The number of halogens is 1. The van der Waals surface area contributed by atoms with Crippen LogP contribution < -0.4 is 11.1 Å². The normalized spacial score (nSPS) is 9.69. The van der Waals surface area contributed by atoms with Crippen LogP contribution in [0.25, 0.3) is 0 Å². The Morgan fingerprint density at radius 2 is 2.23 bits per heavy atom. The van der Waals surface area contributed by atoms with Gasteiger partial charge in [0.15, 0.2) is 0 Å². The van der Waals surface area contributed by atoms with Gasteiger partial charge in [-0.25, -0.2) is 0 Å². The van der Waals surface area contributed by atoms with Crippen LogP contribution in [0.1, 0.15) is 6.92 Å². The first kappa shape index (κ1) is 9.73. The summed E-state index contributed by atoms with van der Waals surface area (Å²) < 4.78 is 0. The molecule has 0 atom stereocenters. The smallest absolute Gasteiger partial charge is 0.229 e. The predicted molar refractivity (Wildman–Crippen MR) is 52.6 cm³/mol. The Balaban J connectivity index is 2.71. The molecule has 0 bridgehead atoms. The Morgan fingerprint density at radius 1 is 1.54 bits per heavy atom. The first-order chi connectivity index (χ1) is 6.08. The maximum Gasteiger partial charge on any atom is 0.229 e. The summed E-state index contributed by atoms with van der Waals surface area (Å²) in [5, 5.41) is 2.98. The van der Waals surface area contributed by atoms with Crippen LogP contribution in [-0.2, 0) is 0 Å². The van der Waals surface area contributed by atoms with E-state index in [0.717, 1.165) is 5.57 Å². The van der Waals surface area contributed by atoms with Gasteiger partial charge < -0.3 is 11.1 Å². The summed E-state index contributed by atoms with van der Waals surface area (Å²) in [6, 6.07) is 0. The molecule has 5 nitrogen and oxygen atoms in total. The highest BCUT2D eigenvalue weighted by Crippen LogP contribution is 2.06. The molecule has 0 aliphatic rings. The molecule has 6 heteroatoms. The molecular formula is C7H10ClN5. The lowest BCUT2D eigenvalue weighted by atomic mass is 10.3. The fourth-order valence-electron chi connectivity index (χ4n) is 0.674. The number of nitrogens with two attached hydrogens (primary N) is 1. The van der Waals surface area contributed by atoms with E-state index in [9.17, 15) is 0 Å². The van der Waals surface area contributed by atoms with Crippen LogP contribution in [0.2, 0.25) is 5.28 Å². The molecule has 0 saturated heterocycles. The highest BCUT2D eigenvalue weighted by molar-refractivity contribution is 6.28. The molecule has 70 valence electrons. The van der Waals surface area contributed by atoms with Crippen molar-refractivity contribution in [1.29, 1.82) is 0 Å². The Bertz CT molecular complexity index is 304. The Morgan fingerprint density at radius 3 is 2.77 bits per heavy atom. The third-order valence-electron chi connectivity index (χ3n) is 1.17. The van der Waals surface area contributed by atoms with E-state index in [4.69, 9.17) is 17.3 Å². The summed E-state index contributed by atoms with van der Waals surface area (Å²) in [6.07, 6.45) is 0. The van der Waals surface area contributed by atoms with E-state index in [2.05, 4.69) is 26.8 Å². The lowest BCUT2D eigenvalue weighted by molar-refractivity contribution is 1.03. The zero-order chi connectivity index (χ0) is 9.84. The van der Waals surface area contributed by atoms with Crippen LogP contribution in [0.3, 0.4) is 0 Å². The molecule has 0 aliphatic carbocycles. The maximum atomic E-state index is 5.56. The topological polar surface area (TPSA) is 76.7 Å². The summed E-state index contributed by atoms with van der Waals surface area (Å²) in [5.74, 6) is 0.463. The molecule has 1 heterocycles. The van der Waals surface area contributed by atoms with Gasteiger partial charge in [-0.05, 0) is 18.5 Å². The SMILES string of the molecule is C=C(C)CNc1nc(N)nc(Cl)n1. The van der Waals surface area contributed by atoms with Gasteiger partial charge in [-0.3, -0.25) is 0 Å². The largest absolute Gasteiger partial charge is 0.368 e. The summed E-state index contributed by atoms with van der Waals surface area (Å²) in [7, 11) is 0. The quantitative estimate of drug-likeness (QED) is 0.713. The average Bonchev–Trinajstić information content (AvgIpc) is 1.99. The summed E-state index contributed by atoms with van der Waals surface area (Å²) >= 11 is 5.56. The molecule has 0 spiro atoms. The number of nitrogens with one attached hydrogen (secondary N) is 1. The van der Waals surface area contributed by atoms with E-state index in [0.29, 0.717) is 12.5 Å². The number of rotatable bonds is 3. The zero-order valence-corrected chi connectivity index (χ0v) is 7.97. The van der Waals surface area contributed by atoms with Gasteiger partial charge in [-0.1, -0.05) is 12.2 Å². The second-order valence-electron chi connectivity index (χ2n) is 2.60. The Labute approximate surface area is 81.1 Å². The van der Waals surface area contributed by atoms with E-state index in [-0.39, 0.29) is 11.2 Å². The number of nitrogens with zero attached hydrogens (tertiary/aromatic N) is 3. The molecule has 0 fully saturated rings. The van der Waals surface area contributed by atoms with Crippen LogP contribution in [0.5, 0.6) is 0 Å². The fraction of sp³-hybridized carbons (Fsp3) is 0.286. The van der Waals surface area contributed by atoms with Gasteiger partial charge in [0, 0.05) is 6.54 Å². The van der Waals surface area contributed by atoms with E-state index in [1.807, 2.05) is 6.92 Å². The molecule has 0 radical (unpaired) electrons. The van der Waals surface area contributed by atoms with Gasteiger partial charge >= 0.3 is 0 Å². The molecule has 1 aromatic heterocycles. The van der Waals surface area contributed by atoms with Gasteiger partial charge in [0.05, 0.1) is 0 Å². The van der Waals surface area contributed by atoms with Crippen molar-refractivity contribution in [2.24, 2.45) is 0 Å². The number of hydrogen-bond donors (Lipinski definition) is 2. The van der Waals surface area contributed by atoms with Gasteiger partial charge in [-0.15, -0.1) is 0 Å². The van der Waals surface area contributed by atoms with E-state index in [1.165, 1.54) is 0 Å². The first-order valence-corrected chi connectivity index (χ1v) is 4.01. The second-order valence-corrected chi connectivity index (χ2v) is 2.93. The van der Waals surface area contributed by atoms with Gasteiger partial charge in [0.1, 0.15) is 0 Å². The van der Waals surface area contributed by atoms with Crippen LogP contribution in [0, 0.1) is 0 Å². The van der Waals surface area contributed by atoms with Crippen molar-refractivity contribution in [1.82, 2.24) is 15.0 Å². The minimum atomic E-state index is 0.0803. The van der Waals surface area contributed by atoms with E-state index < -0.39 is 0 Å². The van der Waals surface area contributed by atoms with Crippen molar-refractivity contribution in [3.8, 4) is 0 Å². The molecule has 0 aromatic carbocycles. The standard InChI is InChI=1S/C7H10ClN5/c1-4(2)3-10-7-12-5(8)11-6(9)13-7/h1,3H2,2H3,(H3,9,10,11,12,13). The van der Waals surface area contributed by atoms with Crippen molar-refractivity contribution in [2.45, 2.75) is 6.92 Å². The van der Waals surface area contributed by atoms with Crippen LogP contribution in [-0.4, -0.2) is 21.5 Å². The van der Waals surface area contributed by atoms with Gasteiger partial charge in [0.25, 0.3) is 0 Å². The molecular weight excluding hydrogens is 190 g/mol. The molecule has 0 saturated carbocycles. The molecule has 0 amide bonds. The third kappa shape index (κ3) is 3.25. The van der Waals surface area contributed by atoms with Crippen LogP contribution in [0.4, 0.5) is 11.9 Å². The van der Waals surface area contributed by atoms with E-state index >= 15 is 0 Å². The Hall–Kier alpha value is -1.36. The maximum absolute atomic E-state index is 5.56. The summed E-state index contributed by atoms with van der Waals surface area (Å²) in [5.41, 5.74) is 6.32. The minimum absolute atomic E-state index is 0.0803. The first-order valence-electron chi connectivity index (χ1n) is 3.63. The van der Waals surface area contributed by atoms with E-state index in [1.54, 1.807) is 0 Å². The number of aromatic nitrogens is 3. The number of hydrogen-bond acceptors (Lipinski definition) is 5. The third-order valence-corrected chi connectivity index (χ3v) is 1.34. The Kier molecular flexibility index (Phi) is 3.02. The lowest BCUT2D eigenvalue weighted by Gasteiger charge is -2.03. The monoisotopic (exact) mass is 199 g/mol. The van der Waals surface area contributed by atoms with Crippen molar-refractivity contribution >= 4 is 23.5 Å². The van der Waals surface area contributed by atoms with Gasteiger partial charge in [-0.2, -0.15) is 15.0 Å². The highest BCUT2D eigenvalue weighted by Gasteiger charge is 2.00. The molecule has 3 N–H and O–H groups in total. The van der Waals surface area contributed by atoms with Crippen molar-refractivity contribution < 1.29 is 0 Å². The second kappa shape index (κ2) is 4.04. The van der Waals surface area contributed by atoms with Crippen molar-refractivity contribution in [3.05, 3.63) is 17.4 Å². The molecule has 0 unspecified atom stereocenters. The minimum Gasteiger partial charge on any atom is -0.368 e. The average molecular weight is 200 g/mol. The summed E-state index contributed by atoms with van der Waals surface area (Å²) in [6.45, 7) is 6.19.